The number of hydrogen-bond acceptors (Lipinski definition) is 2. The Morgan fingerprint density at radius 3 is 2.33 bits per heavy atom. The highest BCUT2D eigenvalue weighted by atomic mass is 16.4. The summed E-state index contributed by atoms with van der Waals surface area (Å²) in [5.41, 5.74) is 0.0315. The molecule has 5 heteroatoms. The van der Waals surface area contributed by atoms with Crippen LogP contribution in [0.25, 0.3) is 0 Å². The van der Waals surface area contributed by atoms with Gasteiger partial charge in [0.05, 0.1) is 0 Å². The van der Waals surface area contributed by atoms with Crippen LogP contribution in [-0.4, -0.2) is 29.7 Å². The van der Waals surface area contributed by atoms with Crippen LogP contribution < -0.4 is 10.6 Å². The Hall–Kier alpha value is -1.26. The van der Waals surface area contributed by atoms with Crippen molar-refractivity contribution in [3.63, 3.8) is 0 Å². The summed E-state index contributed by atoms with van der Waals surface area (Å²) in [6.07, 6.45) is 0.946. The van der Waals surface area contributed by atoms with Gasteiger partial charge in [-0.15, -0.1) is 0 Å². The van der Waals surface area contributed by atoms with Crippen molar-refractivity contribution in [2.45, 2.75) is 40.2 Å². The molecule has 1 unspecified atom stereocenters. The lowest BCUT2D eigenvalue weighted by Crippen LogP contribution is -2.46. The summed E-state index contributed by atoms with van der Waals surface area (Å²) in [4.78, 5) is 21.7. The normalized spacial score (nSPS) is 13.1. The number of aliphatic carboxylic acids is 1. The Morgan fingerprint density at radius 2 is 1.93 bits per heavy atom. The first-order valence-corrected chi connectivity index (χ1v) is 5.05. The van der Waals surface area contributed by atoms with Gasteiger partial charge < -0.3 is 15.7 Å². The Balaban J connectivity index is 3.91. The summed E-state index contributed by atoms with van der Waals surface area (Å²) < 4.78 is 0. The number of carboxylic acids is 1. The molecule has 0 aliphatic rings. The number of hydrogen-bond donors (Lipinski definition) is 3. The molecule has 0 aromatic rings. The van der Waals surface area contributed by atoms with Gasteiger partial charge in [0.25, 0.3) is 0 Å². The standard InChI is InChI=1S/C10H20N2O3/c1-5-10(3,4)6-11-9(15)12-7(2)8(13)14/h7H,5-6H2,1-4H3,(H,13,14)(H2,11,12,15). The summed E-state index contributed by atoms with van der Waals surface area (Å²) in [7, 11) is 0. The van der Waals surface area contributed by atoms with Crippen molar-refractivity contribution in [1.29, 1.82) is 0 Å². The minimum atomic E-state index is -1.04. The van der Waals surface area contributed by atoms with Gasteiger partial charge in [-0.1, -0.05) is 20.8 Å². The van der Waals surface area contributed by atoms with E-state index in [4.69, 9.17) is 5.11 Å². The molecule has 5 nitrogen and oxygen atoms in total. The van der Waals surface area contributed by atoms with E-state index in [0.717, 1.165) is 6.42 Å². The summed E-state index contributed by atoms with van der Waals surface area (Å²) in [6, 6.07) is -1.30. The third-order valence-corrected chi connectivity index (χ3v) is 2.40. The molecule has 2 amide bonds. The summed E-state index contributed by atoms with van der Waals surface area (Å²) >= 11 is 0. The van der Waals surface area contributed by atoms with Gasteiger partial charge in [0.1, 0.15) is 6.04 Å². The van der Waals surface area contributed by atoms with Gasteiger partial charge in [0, 0.05) is 6.54 Å². The molecule has 0 heterocycles. The average Bonchev–Trinajstić information content (AvgIpc) is 2.15. The smallest absolute Gasteiger partial charge is 0.325 e. The number of carboxylic acid groups (broad SMARTS) is 1. The fraction of sp³-hybridized carbons (Fsp3) is 0.800. The van der Waals surface area contributed by atoms with Crippen molar-refractivity contribution in [3.8, 4) is 0 Å². The Bertz CT molecular complexity index is 239. The summed E-state index contributed by atoms with van der Waals surface area (Å²) in [5, 5.41) is 13.5. The van der Waals surface area contributed by atoms with E-state index in [1.54, 1.807) is 0 Å². The molecule has 0 bridgehead atoms. The lowest BCUT2D eigenvalue weighted by molar-refractivity contribution is -0.138. The Kier molecular flexibility index (Phi) is 5.11. The number of amides is 2. The van der Waals surface area contributed by atoms with Gasteiger partial charge in [-0.25, -0.2) is 4.79 Å². The van der Waals surface area contributed by atoms with Crippen LogP contribution in [0.3, 0.4) is 0 Å². The summed E-state index contributed by atoms with van der Waals surface area (Å²) in [5.74, 6) is -1.04. The fourth-order valence-electron chi connectivity index (χ4n) is 0.754. The van der Waals surface area contributed by atoms with Crippen LogP contribution in [0.15, 0.2) is 0 Å². The topological polar surface area (TPSA) is 78.4 Å². The third-order valence-electron chi connectivity index (χ3n) is 2.40. The zero-order valence-electron chi connectivity index (χ0n) is 9.76. The van der Waals surface area contributed by atoms with E-state index in [2.05, 4.69) is 10.6 Å². The van der Waals surface area contributed by atoms with Gasteiger partial charge >= 0.3 is 12.0 Å². The predicted octanol–water partition coefficient (Wildman–Crippen LogP) is 1.19. The molecule has 0 saturated heterocycles. The quantitative estimate of drug-likeness (QED) is 0.646. The molecule has 0 rings (SSSR count). The highest BCUT2D eigenvalue weighted by Crippen LogP contribution is 2.17. The van der Waals surface area contributed by atoms with Crippen LogP contribution in [0.4, 0.5) is 4.79 Å². The number of urea groups is 1. The van der Waals surface area contributed by atoms with Gasteiger partial charge in [0.15, 0.2) is 0 Å². The lowest BCUT2D eigenvalue weighted by atomic mass is 9.90. The molecule has 1 atom stereocenters. The first kappa shape index (κ1) is 13.7. The largest absolute Gasteiger partial charge is 0.480 e. The highest BCUT2D eigenvalue weighted by molar-refractivity contribution is 5.82. The average molecular weight is 216 g/mol. The molecule has 0 radical (unpaired) electrons. The first-order valence-electron chi connectivity index (χ1n) is 5.05. The lowest BCUT2D eigenvalue weighted by Gasteiger charge is -2.23. The van der Waals surface area contributed by atoms with Crippen LogP contribution in [0.5, 0.6) is 0 Å². The molecule has 0 aromatic heterocycles. The van der Waals surface area contributed by atoms with Crippen molar-refractivity contribution >= 4 is 12.0 Å². The molecule has 0 saturated carbocycles. The maximum atomic E-state index is 11.2. The third kappa shape index (κ3) is 5.93. The molecule has 0 fully saturated rings. The minimum Gasteiger partial charge on any atom is -0.480 e. The molecule has 0 spiro atoms. The monoisotopic (exact) mass is 216 g/mol. The second kappa shape index (κ2) is 5.58. The minimum absolute atomic E-state index is 0.0315. The number of nitrogens with one attached hydrogen (secondary N) is 2. The van der Waals surface area contributed by atoms with E-state index >= 15 is 0 Å². The molecule has 88 valence electrons. The highest BCUT2D eigenvalue weighted by Gasteiger charge is 2.18. The maximum absolute atomic E-state index is 11.2. The van der Waals surface area contributed by atoms with Gasteiger partial charge in [-0.3, -0.25) is 4.79 Å². The second-order valence-electron chi connectivity index (χ2n) is 4.40. The molecule has 0 aliphatic heterocycles. The van der Waals surface area contributed by atoms with Crippen LogP contribution in [-0.2, 0) is 4.79 Å². The van der Waals surface area contributed by atoms with E-state index < -0.39 is 18.0 Å². The van der Waals surface area contributed by atoms with E-state index in [9.17, 15) is 9.59 Å². The van der Waals surface area contributed by atoms with Gasteiger partial charge in [-0.2, -0.15) is 0 Å². The molecule has 15 heavy (non-hydrogen) atoms. The molecule has 0 aliphatic carbocycles. The molecule has 0 aromatic carbocycles. The van der Waals surface area contributed by atoms with Crippen LogP contribution in [0, 0.1) is 5.41 Å². The van der Waals surface area contributed by atoms with Crippen molar-refractivity contribution < 1.29 is 14.7 Å². The predicted molar refractivity (Wildman–Crippen MR) is 57.7 cm³/mol. The zero-order valence-corrected chi connectivity index (χ0v) is 9.76. The number of carbonyl (C=O) groups is 2. The van der Waals surface area contributed by atoms with E-state index in [0.29, 0.717) is 6.54 Å². The Morgan fingerprint density at radius 1 is 1.40 bits per heavy atom. The van der Waals surface area contributed by atoms with Gasteiger partial charge in [-0.05, 0) is 18.8 Å². The summed E-state index contributed by atoms with van der Waals surface area (Å²) in [6.45, 7) is 8.07. The van der Waals surface area contributed by atoms with Crippen molar-refractivity contribution in [2.24, 2.45) is 5.41 Å². The molecular weight excluding hydrogens is 196 g/mol. The maximum Gasteiger partial charge on any atom is 0.325 e. The van der Waals surface area contributed by atoms with Crippen molar-refractivity contribution in [1.82, 2.24) is 10.6 Å². The molecular formula is C10H20N2O3. The number of rotatable bonds is 5. The van der Waals surface area contributed by atoms with E-state index in [1.165, 1.54) is 6.92 Å². The van der Waals surface area contributed by atoms with Crippen molar-refractivity contribution in [2.75, 3.05) is 6.54 Å². The van der Waals surface area contributed by atoms with Crippen LogP contribution in [0.1, 0.15) is 34.1 Å². The van der Waals surface area contributed by atoms with E-state index in [1.807, 2.05) is 20.8 Å². The van der Waals surface area contributed by atoms with Crippen LogP contribution >= 0.6 is 0 Å². The fourth-order valence-corrected chi connectivity index (χ4v) is 0.754. The van der Waals surface area contributed by atoms with Crippen LogP contribution in [0.2, 0.25) is 0 Å². The first-order chi connectivity index (χ1) is 6.78. The zero-order chi connectivity index (χ0) is 12.1. The Labute approximate surface area is 90.2 Å². The van der Waals surface area contributed by atoms with Crippen molar-refractivity contribution in [3.05, 3.63) is 0 Å². The van der Waals surface area contributed by atoms with Gasteiger partial charge in [0.2, 0.25) is 0 Å². The second-order valence-corrected chi connectivity index (χ2v) is 4.40. The van der Waals surface area contributed by atoms with E-state index in [-0.39, 0.29) is 5.41 Å². The molecule has 3 N–H and O–H groups in total. The SMILES string of the molecule is CCC(C)(C)CNC(=O)NC(C)C(=O)O. The number of carbonyl (C=O) groups excluding carboxylic acids is 1.